The number of likely N-dealkylation sites (N-methyl/N-ethyl adjacent to an activating group) is 1. The van der Waals surface area contributed by atoms with Gasteiger partial charge in [0.2, 0.25) is 5.91 Å². The predicted molar refractivity (Wildman–Crippen MR) is 49.4 cm³/mol. The lowest BCUT2D eigenvalue weighted by molar-refractivity contribution is -0.130. The Balaban J connectivity index is 2.45. The number of carbonyl (C=O) groups excluding carboxylic acids is 1. The minimum absolute atomic E-state index is 0.0189. The molecule has 0 aromatic carbocycles. The minimum atomic E-state index is -0.407. The van der Waals surface area contributed by atoms with Crippen molar-refractivity contribution in [3.8, 4) is 0 Å². The lowest BCUT2D eigenvalue weighted by Crippen LogP contribution is -2.41. The zero-order valence-electron chi connectivity index (χ0n) is 7.51. The summed E-state index contributed by atoms with van der Waals surface area (Å²) < 4.78 is 0. The second-order valence-corrected chi connectivity index (χ2v) is 3.87. The fourth-order valence-electron chi connectivity index (χ4n) is 1.43. The zero-order chi connectivity index (χ0) is 9.14. The minimum Gasteiger partial charge on any atom is -0.340 e. The Hall–Kier alpha value is -0.280. The summed E-state index contributed by atoms with van der Waals surface area (Å²) in [7, 11) is 1.82. The lowest BCUT2D eigenvalue weighted by Gasteiger charge is -2.24. The summed E-state index contributed by atoms with van der Waals surface area (Å²) in [5.41, 5.74) is 0. The van der Waals surface area contributed by atoms with Crippen LogP contribution in [0.1, 0.15) is 13.3 Å². The van der Waals surface area contributed by atoms with Crippen LogP contribution in [0.25, 0.3) is 0 Å². The van der Waals surface area contributed by atoms with E-state index in [0.717, 1.165) is 19.5 Å². The van der Waals surface area contributed by atoms with Crippen LogP contribution in [0.4, 0.5) is 0 Å². The van der Waals surface area contributed by atoms with Gasteiger partial charge in [-0.2, -0.15) is 0 Å². The van der Waals surface area contributed by atoms with E-state index in [9.17, 15) is 4.79 Å². The van der Waals surface area contributed by atoms with Gasteiger partial charge in [-0.15, -0.1) is 11.6 Å². The fourth-order valence-corrected chi connectivity index (χ4v) is 1.58. The maximum absolute atomic E-state index is 11.4. The van der Waals surface area contributed by atoms with E-state index in [1.165, 1.54) is 0 Å². The fraction of sp³-hybridized carbons (Fsp3) is 0.875. The molecule has 1 heterocycles. The van der Waals surface area contributed by atoms with Gasteiger partial charge in [-0.3, -0.25) is 4.79 Å². The Kier molecular flexibility index (Phi) is 3.35. The molecule has 2 unspecified atom stereocenters. The first kappa shape index (κ1) is 9.81. The van der Waals surface area contributed by atoms with E-state index in [2.05, 4.69) is 5.32 Å². The Bertz CT molecular complexity index is 166. The van der Waals surface area contributed by atoms with E-state index in [1.807, 2.05) is 7.05 Å². The number of rotatable bonds is 2. The zero-order valence-corrected chi connectivity index (χ0v) is 8.27. The standard InChI is InChI=1S/C8H15ClN2O/c1-6(9)8(12)11(2)7-3-4-10-5-7/h6-7,10H,3-5H2,1-2H3. The summed E-state index contributed by atoms with van der Waals surface area (Å²) in [5, 5.41) is 2.80. The molecule has 1 aliphatic rings. The molecule has 0 bridgehead atoms. The molecule has 0 aromatic rings. The van der Waals surface area contributed by atoms with Crippen LogP contribution in [0, 0.1) is 0 Å². The average Bonchev–Trinajstić information content (AvgIpc) is 2.53. The summed E-state index contributed by atoms with van der Waals surface area (Å²) in [6, 6.07) is 0.332. The van der Waals surface area contributed by atoms with E-state index in [-0.39, 0.29) is 5.91 Å². The van der Waals surface area contributed by atoms with Gasteiger partial charge in [-0.25, -0.2) is 0 Å². The van der Waals surface area contributed by atoms with E-state index in [0.29, 0.717) is 6.04 Å². The molecule has 0 aromatic heterocycles. The van der Waals surface area contributed by atoms with Crippen molar-refractivity contribution >= 4 is 17.5 Å². The Labute approximate surface area is 78.1 Å². The monoisotopic (exact) mass is 190 g/mol. The normalized spacial score (nSPS) is 25.4. The van der Waals surface area contributed by atoms with Crippen LogP contribution in [0.3, 0.4) is 0 Å². The molecule has 1 N–H and O–H groups in total. The van der Waals surface area contributed by atoms with Crippen molar-refractivity contribution in [1.29, 1.82) is 0 Å². The number of alkyl halides is 1. The number of carbonyl (C=O) groups is 1. The maximum Gasteiger partial charge on any atom is 0.240 e. The van der Waals surface area contributed by atoms with Crippen LogP contribution in [0.5, 0.6) is 0 Å². The first-order valence-electron chi connectivity index (χ1n) is 4.24. The van der Waals surface area contributed by atoms with Gasteiger partial charge in [0.1, 0.15) is 5.38 Å². The summed E-state index contributed by atoms with van der Waals surface area (Å²) in [6.07, 6.45) is 1.03. The average molecular weight is 191 g/mol. The molecule has 0 radical (unpaired) electrons. The first-order chi connectivity index (χ1) is 5.63. The van der Waals surface area contributed by atoms with Gasteiger partial charge in [0, 0.05) is 19.6 Å². The van der Waals surface area contributed by atoms with Gasteiger partial charge in [0.05, 0.1) is 0 Å². The van der Waals surface area contributed by atoms with Crippen molar-refractivity contribution in [3.05, 3.63) is 0 Å². The summed E-state index contributed by atoms with van der Waals surface area (Å²) in [6.45, 7) is 3.60. The van der Waals surface area contributed by atoms with Crippen LogP contribution in [-0.4, -0.2) is 42.4 Å². The molecule has 1 amide bonds. The molecule has 4 heteroatoms. The molecule has 2 atom stereocenters. The molecular formula is C8H15ClN2O. The molecule has 70 valence electrons. The van der Waals surface area contributed by atoms with E-state index >= 15 is 0 Å². The van der Waals surface area contributed by atoms with Crippen LogP contribution >= 0.6 is 11.6 Å². The summed E-state index contributed by atoms with van der Waals surface area (Å²) in [5.74, 6) is 0.0189. The van der Waals surface area contributed by atoms with Gasteiger partial charge in [0.25, 0.3) is 0 Å². The Morgan fingerprint density at radius 2 is 2.42 bits per heavy atom. The van der Waals surface area contributed by atoms with Crippen molar-refractivity contribution in [2.24, 2.45) is 0 Å². The third-order valence-corrected chi connectivity index (χ3v) is 2.46. The molecule has 0 aliphatic carbocycles. The molecule has 0 spiro atoms. The highest BCUT2D eigenvalue weighted by Crippen LogP contribution is 2.09. The molecule has 1 fully saturated rings. The number of halogens is 1. The van der Waals surface area contributed by atoms with E-state index in [1.54, 1.807) is 11.8 Å². The lowest BCUT2D eigenvalue weighted by atomic mass is 10.2. The molecular weight excluding hydrogens is 176 g/mol. The second kappa shape index (κ2) is 4.10. The number of nitrogens with one attached hydrogen (secondary N) is 1. The number of amides is 1. The molecule has 3 nitrogen and oxygen atoms in total. The predicted octanol–water partition coefficient (Wildman–Crippen LogP) is 0.434. The van der Waals surface area contributed by atoms with Gasteiger partial charge in [0.15, 0.2) is 0 Å². The molecule has 1 aliphatic heterocycles. The SMILES string of the molecule is CC(Cl)C(=O)N(C)C1CCNC1. The van der Waals surface area contributed by atoms with Crippen molar-refractivity contribution in [1.82, 2.24) is 10.2 Å². The van der Waals surface area contributed by atoms with Crippen molar-refractivity contribution < 1.29 is 4.79 Å². The highest BCUT2D eigenvalue weighted by atomic mass is 35.5. The van der Waals surface area contributed by atoms with Gasteiger partial charge in [-0.1, -0.05) is 0 Å². The first-order valence-corrected chi connectivity index (χ1v) is 4.68. The van der Waals surface area contributed by atoms with Gasteiger partial charge >= 0.3 is 0 Å². The van der Waals surface area contributed by atoms with Crippen LogP contribution in [0.15, 0.2) is 0 Å². The highest BCUT2D eigenvalue weighted by molar-refractivity contribution is 6.30. The van der Waals surface area contributed by atoms with Gasteiger partial charge in [-0.05, 0) is 19.9 Å². The molecule has 12 heavy (non-hydrogen) atoms. The third-order valence-electron chi connectivity index (χ3n) is 2.27. The Morgan fingerprint density at radius 1 is 1.75 bits per heavy atom. The van der Waals surface area contributed by atoms with E-state index in [4.69, 9.17) is 11.6 Å². The van der Waals surface area contributed by atoms with Crippen LogP contribution in [-0.2, 0) is 4.79 Å². The van der Waals surface area contributed by atoms with Gasteiger partial charge < -0.3 is 10.2 Å². The van der Waals surface area contributed by atoms with Crippen molar-refractivity contribution in [2.45, 2.75) is 24.8 Å². The smallest absolute Gasteiger partial charge is 0.240 e. The number of hydrogen-bond donors (Lipinski definition) is 1. The molecule has 0 saturated carbocycles. The maximum atomic E-state index is 11.4. The Morgan fingerprint density at radius 3 is 2.83 bits per heavy atom. The van der Waals surface area contributed by atoms with Crippen LogP contribution < -0.4 is 5.32 Å². The topological polar surface area (TPSA) is 32.3 Å². The van der Waals surface area contributed by atoms with E-state index < -0.39 is 5.38 Å². The second-order valence-electron chi connectivity index (χ2n) is 3.21. The highest BCUT2D eigenvalue weighted by Gasteiger charge is 2.25. The van der Waals surface area contributed by atoms with Crippen molar-refractivity contribution in [3.63, 3.8) is 0 Å². The third kappa shape index (κ3) is 2.11. The summed E-state index contributed by atoms with van der Waals surface area (Å²) >= 11 is 5.69. The van der Waals surface area contributed by atoms with Crippen molar-refractivity contribution in [2.75, 3.05) is 20.1 Å². The van der Waals surface area contributed by atoms with Crippen LogP contribution in [0.2, 0.25) is 0 Å². The number of nitrogens with zero attached hydrogens (tertiary/aromatic N) is 1. The quantitative estimate of drug-likeness (QED) is 0.641. The molecule has 1 saturated heterocycles. The number of hydrogen-bond acceptors (Lipinski definition) is 2. The largest absolute Gasteiger partial charge is 0.340 e. The molecule has 1 rings (SSSR count). The summed E-state index contributed by atoms with van der Waals surface area (Å²) in [4.78, 5) is 13.1.